The van der Waals surface area contributed by atoms with Gasteiger partial charge in [0.1, 0.15) is 5.60 Å². The number of carbonyl (C=O) groups is 2. The van der Waals surface area contributed by atoms with Crippen LogP contribution in [0.15, 0.2) is 0 Å². The number of amides is 1. The molecule has 1 fully saturated rings. The summed E-state index contributed by atoms with van der Waals surface area (Å²) >= 11 is 0. The molecule has 140 valence electrons. The lowest BCUT2D eigenvalue weighted by atomic mass is 9.98. The molecule has 0 aliphatic carbocycles. The van der Waals surface area contributed by atoms with Crippen molar-refractivity contribution >= 4 is 22.2 Å². The predicted octanol–water partition coefficient (Wildman–Crippen LogP) is 1.54. The van der Waals surface area contributed by atoms with E-state index in [1.807, 2.05) is 0 Å². The Morgan fingerprint density at radius 2 is 1.75 bits per heavy atom. The molecule has 1 heterocycles. The van der Waals surface area contributed by atoms with Gasteiger partial charge < -0.3 is 14.4 Å². The van der Waals surface area contributed by atoms with Crippen LogP contribution in [0.3, 0.4) is 0 Å². The number of hydrogen-bond acceptors (Lipinski definition) is 7. The van der Waals surface area contributed by atoms with Crippen molar-refractivity contribution in [1.29, 1.82) is 0 Å². The molecule has 1 aliphatic heterocycles. The minimum Gasteiger partial charge on any atom is -0.466 e. The summed E-state index contributed by atoms with van der Waals surface area (Å²) in [7, 11) is -3.73. The summed E-state index contributed by atoms with van der Waals surface area (Å²) in [6, 6.07) is 0. The number of likely N-dealkylation sites (tertiary alicyclic amines) is 1. The van der Waals surface area contributed by atoms with Crippen LogP contribution < -0.4 is 0 Å². The predicted molar refractivity (Wildman–Crippen MR) is 86.9 cm³/mol. The maximum atomic E-state index is 12.2. The lowest BCUT2D eigenvalue weighted by molar-refractivity contribution is -0.151. The Balaban J connectivity index is 2.88. The van der Waals surface area contributed by atoms with Crippen LogP contribution in [0.25, 0.3) is 0 Å². The molecule has 1 saturated heterocycles. The summed E-state index contributed by atoms with van der Waals surface area (Å²) in [5, 5.41) is 0. The average Bonchev–Trinajstić information content (AvgIpc) is 2.57. The molecule has 9 heteroatoms. The van der Waals surface area contributed by atoms with Gasteiger partial charge in [0.05, 0.1) is 24.9 Å². The second kappa shape index (κ2) is 8.15. The van der Waals surface area contributed by atoms with Gasteiger partial charge in [0, 0.05) is 13.1 Å². The van der Waals surface area contributed by atoms with Gasteiger partial charge in [0.25, 0.3) is 10.1 Å². The number of carbonyl (C=O) groups excluding carboxylic acids is 2. The van der Waals surface area contributed by atoms with Crippen LogP contribution in [-0.4, -0.2) is 63.0 Å². The van der Waals surface area contributed by atoms with E-state index in [1.54, 1.807) is 27.7 Å². The SMILES string of the molecule is CCOC(=O)C1CCN(C(=O)OC(C)(C)C)CCC1OS(C)(=O)=O. The van der Waals surface area contributed by atoms with Crippen molar-refractivity contribution in [2.24, 2.45) is 5.92 Å². The first-order valence-electron chi connectivity index (χ1n) is 7.95. The van der Waals surface area contributed by atoms with Gasteiger partial charge in [-0.15, -0.1) is 0 Å². The molecule has 0 radical (unpaired) electrons. The summed E-state index contributed by atoms with van der Waals surface area (Å²) in [6.07, 6.45) is 0.0383. The monoisotopic (exact) mass is 365 g/mol. The highest BCUT2D eigenvalue weighted by Gasteiger charge is 2.37. The Morgan fingerprint density at radius 1 is 1.17 bits per heavy atom. The quantitative estimate of drug-likeness (QED) is 0.550. The van der Waals surface area contributed by atoms with Gasteiger partial charge in [-0.3, -0.25) is 8.98 Å². The van der Waals surface area contributed by atoms with Crippen molar-refractivity contribution in [2.75, 3.05) is 26.0 Å². The molecule has 1 rings (SSSR count). The molecule has 0 saturated carbocycles. The van der Waals surface area contributed by atoms with Gasteiger partial charge in [-0.05, 0) is 40.5 Å². The fourth-order valence-corrected chi connectivity index (χ4v) is 3.12. The first kappa shape index (κ1) is 20.7. The highest BCUT2D eigenvalue weighted by atomic mass is 32.2. The van der Waals surface area contributed by atoms with Crippen molar-refractivity contribution in [1.82, 2.24) is 4.90 Å². The molecule has 2 unspecified atom stereocenters. The zero-order valence-corrected chi connectivity index (χ0v) is 15.7. The van der Waals surface area contributed by atoms with Crippen LogP contribution in [0.1, 0.15) is 40.5 Å². The molecule has 1 amide bonds. The molecule has 0 aromatic heterocycles. The first-order valence-corrected chi connectivity index (χ1v) is 9.77. The van der Waals surface area contributed by atoms with Crippen LogP contribution >= 0.6 is 0 Å². The maximum Gasteiger partial charge on any atom is 0.410 e. The Morgan fingerprint density at radius 3 is 2.25 bits per heavy atom. The smallest absolute Gasteiger partial charge is 0.410 e. The van der Waals surface area contributed by atoms with E-state index in [2.05, 4.69) is 0 Å². The van der Waals surface area contributed by atoms with E-state index in [1.165, 1.54) is 4.90 Å². The number of nitrogens with zero attached hydrogens (tertiary/aromatic N) is 1. The van der Waals surface area contributed by atoms with Crippen molar-refractivity contribution in [3.05, 3.63) is 0 Å². The lowest BCUT2D eigenvalue weighted by Crippen LogP contribution is -2.37. The van der Waals surface area contributed by atoms with Gasteiger partial charge in [-0.1, -0.05) is 0 Å². The van der Waals surface area contributed by atoms with E-state index < -0.39 is 39.8 Å². The Hall–Kier alpha value is -1.35. The molecule has 0 aromatic carbocycles. The molecule has 0 N–H and O–H groups in total. The van der Waals surface area contributed by atoms with Crippen molar-refractivity contribution in [3.8, 4) is 0 Å². The highest BCUT2D eigenvalue weighted by molar-refractivity contribution is 7.86. The molecule has 8 nitrogen and oxygen atoms in total. The van der Waals surface area contributed by atoms with E-state index >= 15 is 0 Å². The Kier molecular flexibility index (Phi) is 7.03. The third-order valence-electron chi connectivity index (χ3n) is 3.38. The summed E-state index contributed by atoms with van der Waals surface area (Å²) in [6.45, 7) is 7.66. The van der Waals surface area contributed by atoms with E-state index in [4.69, 9.17) is 13.7 Å². The summed E-state index contributed by atoms with van der Waals surface area (Å²) in [5.74, 6) is -1.26. The van der Waals surface area contributed by atoms with Crippen LogP contribution in [0, 0.1) is 5.92 Å². The van der Waals surface area contributed by atoms with Gasteiger partial charge in [0.15, 0.2) is 0 Å². The molecular formula is C15H27NO7S. The Labute approximate surface area is 143 Å². The van der Waals surface area contributed by atoms with E-state index in [-0.39, 0.29) is 32.5 Å². The fraction of sp³-hybridized carbons (Fsp3) is 0.867. The van der Waals surface area contributed by atoms with Gasteiger partial charge in [-0.2, -0.15) is 8.42 Å². The molecule has 1 aliphatic rings. The number of hydrogen-bond donors (Lipinski definition) is 0. The van der Waals surface area contributed by atoms with Crippen LogP contribution in [0.4, 0.5) is 4.79 Å². The van der Waals surface area contributed by atoms with Gasteiger partial charge in [0.2, 0.25) is 0 Å². The number of esters is 1. The molecule has 0 bridgehead atoms. The van der Waals surface area contributed by atoms with E-state index in [9.17, 15) is 18.0 Å². The summed E-state index contributed by atoms with van der Waals surface area (Å²) < 4.78 is 38.3. The van der Waals surface area contributed by atoms with Gasteiger partial charge >= 0.3 is 12.1 Å². The standard InChI is InChI=1S/C15H27NO7S/c1-6-21-13(17)11-7-9-16(14(18)22-15(2,3)4)10-8-12(11)23-24(5,19)20/h11-12H,6-10H2,1-5H3. The average molecular weight is 365 g/mol. The van der Waals surface area contributed by atoms with E-state index in [0.29, 0.717) is 0 Å². The second-order valence-corrected chi connectivity index (χ2v) is 8.34. The topological polar surface area (TPSA) is 99.2 Å². The summed E-state index contributed by atoms with van der Waals surface area (Å²) in [5.41, 5.74) is -0.632. The molecule has 2 atom stereocenters. The first-order chi connectivity index (χ1) is 10.9. The third-order valence-corrected chi connectivity index (χ3v) is 3.98. The van der Waals surface area contributed by atoms with Crippen LogP contribution in [0.5, 0.6) is 0 Å². The normalized spacial score (nSPS) is 22.6. The Bertz CT molecular complexity index is 553. The van der Waals surface area contributed by atoms with Crippen LogP contribution in [-0.2, 0) is 28.6 Å². The van der Waals surface area contributed by atoms with Crippen molar-refractivity contribution < 1.29 is 31.7 Å². The molecule has 24 heavy (non-hydrogen) atoms. The highest BCUT2D eigenvalue weighted by Crippen LogP contribution is 2.25. The third kappa shape index (κ3) is 7.04. The zero-order chi connectivity index (χ0) is 18.5. The lowest BCUT2D eigenvalue weighted by Gasteiger charge is -2.26. The van der Waals surface area contributed by atoms with Crippen LogP contribution in [0.2, 0.25) is 0 Å². The zero-order valence-electron chi connectivity index (χ0n) is 14.9. The second-order valence-electron chi connectivity index (χ2n) is 6.74. The summed E-state index contributed by atoms with van der Waals surface area (Å²) in [4.78, 5) is 25.8. The minimum absolute atomic E-state index is 0.191. The van der Waals surface area contributed by atoms with Crippen molar-refractivity contribution in [2.45, 2.75) is 52.2 Å². The van der Waals surface area contributed by atoms with E-state index in [0.717, 1.165) is 6.26 Å². The molecular weight excluding hydrogens is 338 g/mol. The van der Waals surface area contributed by atoms with Gasteiger partial charge in [-0.25, -0.2) is 4.79 Å². The van der Waals surface area contributed by atoms with Crippen molar-refractivity contribution in [3.63, 3.8) is 0 Å². The minimum atomic E-state index is -3.73. The molecule has 0 aromatic rings. The largest absolute Gasteiger partial charge is 0.466 e. The number of ether oxygens (including phenoxy) is 2. The number of rotatable bonds is 4. The maximum absolute atomic E-state index is 12.2. The molecule has 0 spiro atoms. The fourth-order valence-electron chi connectivity index (χ4n) is 2.44.